The van der Waals surface area contributed by atoms with E-state index in [4.69, 9.17) is 5.11 Å². The van der Waals surface area contributed by atoms with E-state index in [1.54, 1.807) is 0 Å². The van der Waals surface area contributed by atoms with Crippen LogP contribution in [0.2, 0.25) is 0 Å². The standard InChI is InChI=1S/C6H12O2.C3H3N3/c1-2-3-4-5-6(7)8;1-4-2-6-3-5-1/h2-5H2,1H3,(H,7,8);1-3H. The second kappa shape index (κ2) is 9.57. The minimum atomic E-state index is -0.682. The van der Waals surface area contributed by atoms with E-state index in [1.807, 2.05) is 0 Å². The van der Waals surface area contributed by atoms with Crippen LogP contribution in [0.25, 0.3) is 0 Å². The number of aromatic nitrogens is 3. The molecule has 5 heteroatoms. The van der Waals surface area contributed by atoms with Gasteiger partial charge in [0.15, 0.2) is 0 Å². The lowest BCUT2D eigenvalue weighted by Crippen LogP contribution is -1.92. The Morgan fingerprint density at radius 2 is 1.64 bits per heavy atom. The summed E-state index contributed by atoms with van der Waals surface area (Å²) in [5.41, 5.74) is 0. The summed E-state index contributed by atoms with van der Waals surface area (Å²) in [6.07, 6.45) is 7.59. The van der Waals surface area contributed by atoms with E-state index in [9.17, 15) is 4.79 Å². The van der Waals surface area contributed by atoms with Crippen molar-refractivity contribution in [2.75, 3.05) is 0 Å². The summed E-state index contributed by atoms with van der Waals surface area (Å²) in [7, 11) is 0. The van der Waals surface area contributed by atoms with Crippen LogP contribution in [0.4, 0.5) is 0 Å². The molecule has 0 saturated carbocycles. The Balaban J connectivity index is 0.000000249. The highest BCUT2D eigenvalue weighted by Crippen LogP contribution is 1.97. The van der Waals surface area contributed by atoms with Crippen molar-refractivity contribution in [3.63, 3.8) is 0 Å². The number of rotatable bonds is 4. The molecule has 5 nitrogen and oxygen atoms in total. The van der Waals surface area contributed by atoms with E-state index in [1.165, 1.54) is 19.0 Å². The molecule has 0 aromatic carbocycles. The zero-order valence-corrected chi connectivity index (χ0v) is 8.26. The summed E-state index contributed by atoms with van der Waals surface area (Å²) in [4.78, 5) is 20.6. The molecule has 0 aliphatic heterocycles. The van der Waals surface area contributed by atoms with Crippen molar-refractivity contribution in [2.24, 2.45) is 0 Å². The van der Waals surface area contributed by atoms with Crippen LogP contribution >= 0.6 is 0 Å². The zero-order chi connectivity index (χ0) is 10.6. The third-order valence-corrected chi connectivity index (χ3v) is 1.39. The van der Waals surface area contributed by atoms with Crippen LogP contribution in [0.15, 0.2) is 19.0 Å². The highest BCUT2D eigenvalue weighted by molar-refractivity contribution is 5.66. The molecule has 78 valence electrons. The van der Waals surface area contributed by atoms with Gasteiger partial charge in [0.2, 0.25) is 0 Å². The van der Waals surface area contributed by atoms with Crippen LogP contribution in [0.1, 0.15) is 32.6 Å². The average Bonchev–Trinajstić information content (AvgIpc) is 2.21. The highest BCUT2D eigenvalue weighted by atomic mass is 16.4. The van der Waals surface area contributed by atoms with Crippen molar-refractivity contribution in [1.82, 2.24) is 15.0 Å². The molecule has 0 amide bonds. The molecule has 1 heterocycles. The number of nitrogens with zero attached hydrogens (tertiary/aromatic N) is 3. The maximum absolute atomic E-state index is 9.87. The summed E-state index contributed by atoms with van der Waals surface area (Å²) < 4.78 is 0. The van der Waals surface area contributed by atoms with E-state index in [0.717, 1.165) is 19.3 Å². The number of unbranched alkanes of at least 4 members (excludes halogenated alkanes) is 2. The van der Waals surface area contributed by atoms with E-state index >= 15 is 0 Å². The fraction of sp³-hybridized carbons (Fsp3) is 0.556. The van der Waals surface area contributed by atoms with Gasteiger partial charge in [0, 0.05) is 6.42 Å². The first-order valence-corrected chi connectivity index (χ1v) is 4.54. The Hall–Kier alpha value is -1.52. The zero-order valence-electron chi connectivity index (χ0n) is 8.26. The molecule has 1 aromatic heterocycles. The summed E-state index contributed by atoms with van der Waals surface area (Å²) in [5.74, 6) is -0.682. The summed E-state index contributed by atoms with van der Waals surface area (Å²) in [6, 6.07) is 0. The van der Waals surface area contributed by atoms with Crippen LogP contribution < -0.4 is 0 Å². The molecule has 0 bridgehead atoms. The SMILES string of the molecule is CCCCCC(=O)O.c1ncncn1. The van der Waals surface area contributed by atoms with E-state index in [-0.39, 0.29) is 0 Å². The lowest BCUT2D eigenvalue weighted by Gasteiger charge is -1.89. The van der Waals surface area contributed by atoms with Crippen molar-refractivity contribution < 1.29 is 9.90 Å². The maximum atomic E-state index is 9.87. The fourth-order valence-electron chi connectivity index (χ4n) is 0.731. The average molecular weight is 197 g/mol. The third kappa shape index (κ3) is 10.5. The van der Waals surface area contributed by atoms with Gasteiger partial charge in [-0.25, -0.2) is 15.0 Å². The quantitative estimate of drug-likeness (QED) is 0.740. The molecular weight excluding hydrogens is 182 g/mol. The summed E-state index contributed by atoms with van der Waals surface area (Å²) in [5, 5.41) is 8.14. The Labute approximate surface area is 83.2 Å². The first-order chi connectivity index (χ1) is 6.77. The smallest absolute Gasteiger partial charge is 0.303 e. The van der Waals surface area contributed by atoms with Crippen LogP contribution in [-0.4, -0.2) is 26.0 Å². The number of aliphatic carboxylic acids is 1. The lowest BCUT2D eigenvalue weighted by atomic mass is 10.2. The van der Waals surface area contributed by atoms with Crippen molar-refractivity contribution in [2.45, 2.75) is 32.6 Å². The molecule has 0 spiro atoms. The Morgan fingerprint density at radius 1 is 1.14 bits per heavy atom. The molecule has 1 rings (SSSR count). The first-order valence-electron chi connectivity index (χ1n) is 4.54. The van der Waals surface area contributed by atoms with E-state index in [2.05, 4.69) is 21.9 Å². The number of hydrogen-bond acceptors (Lipinski definition) is 4. The van der Waals surface area contributed by atoms with Gasteiger partial charge in [0.25, 0.3) is 0 Å². The molecule has 1 aromatic rings. The number of carbonyl (C=O) groups is 1. The Kier molecular flexibility index (Phi) is 8.53. The van der Waals surface area contributed by atoms with Gasteiger partial charge in [0.05, 0.1) is 0 Å². The second-order valence-electron chi connectivity index (χ2n) is 2.64. The van der Waals surface area contributed by atoms with Gasteiger partial charge in [-0.15, -0.1) is 0 Å². The fourth-order valence-corrected chi connectivity index (χ4v) is 0.731. The molecule has 0 aliphatic carbocycles. The van der Waals surface area contributed by atoms with Crippen molar-refractivity contribution in [3.8, 4) is 0 Å². The largest absolute Gasteiger partial charge is 0.481 e. The molecule has 14 heavy (non-hydrogen) atoms. The van der Waals surface area contributed by atoms with E-state index in [0.29, 0.717) is 6.42 Å². The summed E-state index contributed by atoms with van der Waals surface area (Å²) >= 11 is 0. The predicted octanol–water partition coefficient (Wildman–Crippen LogP) is 1.52. The van der Waals surface area contributed by atoms with E-state index < -0.39 is 5.97 Å². The van der Waals surface area contributed by atoms with Crippen LogP contribution in [0.3, 0.4) is 0 Å². The van der Waals surface area contributed by atoms with Gasteiger partial charge in [-0.2, -0.15) is 0 Å². The van der Waals surface area contributed by atoms with Crippen molar-refractivity contribution >= 4 is 5.97 Å². The summed E-state index contributed by atoms with van der Waals surface area (Å²) in [6.45, 7) is 2.06. The van der Waals surface area contributed by atoms with Gasteiger partial charge in [-0.05, 0) is 6.42 Å². The van der Waals surface area contributed by atoms with Crippen molar-refractivity contribution in [3.05, 3.63) is 19.0 Å². The van der Waals surface area contributed by atoms with Gasteiger partial charge in [-0.3, -0.25) is 4.79 Å². The molecule has 0 radical (unpaired) electrons. The molecule has 0 fully saturated rings. The Morgan fingerprint density at radius 3 is 1.93 bits per heavy atom. The molecule has 0 unspecified atom stereocenters. The second-order valence-corrected chi connectivity index (χ2v) is 2.64. The minimum Gasteiger partial charge on any atom is -0.481 e. The highest BCUT2D eigenvalue weighted by Gasteiger charge is 1.92. The van der Waals surface area contributed by atoms with Crippen LogP contribution in [0, 0.1) is 0 Å². The molecule has 0 aliphatic rings. The third-order valence-electron chi connectivity index (χ3n) is 1.39. The first kappa shape index (κ1) is 12.5. The van der Waals surface area contributed by atoms with Gasteiger partial charge in [0.1, 0.15) is 19.0 Å². The van der Waals surface area contributed by atoms with Gasteiger partial charge in [-0.1, -0.05) is 19.8 Å². The number of hydrogen-bond donors (Lipinski definition) is 1. The monoisotopic (exact) mass is 197 g/mol. The Bertz CT molecular complexity index is 202. The molecule has 1 N–H and O–H groups in total. The molecular formula is C9H15N3O2. The maximum Gasteiger partial charge on any atom is 0.303 e. The van der Waals surface area contributed by atoms with Crippen LogP contribution in [0.5, 0.6) is 0 Å². The molecule has 0 atom stereocenters. The predicted molar refractivity (Wildman–Crippen MR) is 51.6 cm³/mol. The minimum absolute atomic E-state index is 0.327. The molecule has 0 saturated heterocycles. The number of carboxylic acid groups (broad SMARTS) is 1. The van der Waals surface area contributed by atoms with Crippen molar-refractivity contribution in [1.29, 1.82) is 0 Å². The lowest BCUT2D eigenvalue weighted by molar-refractivity contribution is -0.137. The topological polar surface area (TPSA) is 76.0 Å². The number of carboxylic acids is 1. The van der Waals surface area contributed by atoms with Gasteiger partial charge < -0.3 is 5.11 Å². The normalized spacial score (nSPS) is 8.64. The van der Waals surface area contributed by atoms with Gasteiger partial charge >= 0.3 is 5.97 Å². The van der Waals surface area contributed by atoms with Crippen LogP contribution in [-0.2, 0) is 4.79 Å².